The van der Waals surface area contributed by atoms with E-state index in [1.165, 1.54) is 16.9 Å². The molecule has 0 aliphatic carbocycles. The van der Waals surface area contributed by atoms with E-state index in [1.54, 1.807) is 18.1 Å². The normalized spacial score (nSPS) is 13.3. The Kier molecular flexibility index (Phi) is 8.10. The van der Waals surface area contributed by atoms with Crippen LogP contribution in [0.2, 0.25) is 0 Å². The standard InChI is InChI=1S/C21H31N5S/c1-7-15(2)10-11-26(5)14-25-21-20(23-13-24-21)19(22-4)18-9-8-17(27-6)12-16(18)3/h8-9,12-15H,7,10-11H2,1-6H3,(H,23,24). The zero-order chi connectivity index (χ0) is 19.8. The summed E-state index contributed by atoms with van der Waals surface area (Å²) < 4.78 is 0. The van der Waals surface area contributed by atoms with Gasteiger partial charge in [-0.2, -0.15) is 0 Å². The molecule has 0 saturated heterocycles. The van der Waals surface area contributed by atoms with Crippen LogP contribution in [0.4, 0.5) is 5.82 Å². The molecule has 0 amide bonds. The van der Waals surface area contributed by atoms with Crippen LogP contribution < -0.4 is 0 Å². The average molecular weight is 386 g/mol. The quantitative estimate of drug-likeness (QED) is 0.378. The van der Waals surface area contributed by atoms with Gasteiger partial charge in [-0.25, -0.2) is 9.98 Å². The minimum Gasteiger partial charge on any atom is -0.366 e. The minimum absolute atomic E-state index is 0.666. The SMILES string of the molecule is CCC(C)CCN(C)C=Nc1nc[nH]c1C(=NC)c1ccc(SC)cc1C. The lowest BCUT2D eigenvalue weighted by Gasteiger charge is -2.15. The van der Waals surface area contributed by atoms with Gasteiger partial charge in [0.15, 0.2) is 5.82 Å². The van der Waals surface area contributed by atoms with Gasteiger partial charge in [-0.05, 0) is 43.2 Å². The molecule has 27 heavy (non-hydrogen) atoms. The van der Waals surface area contributed by atoms with E-state index in [1.807, 2.05) is 13.4 Å². The molecule has 0 spiro atoms. The average Bonchev–Trinajstić information content (AvgIpc) is 3.14. The van der Waals surface area contributed by atoms with Crippen LogP contribution in [-0.4, -0.2) is 53.8 Å². The van der Waals surface area contributed by atoms with Crippen molar-refractivity contribution in [2.24, 2.45) is 15.9 Å². The molecule has 1 atom stereocenters. The monoisotopic (exact) mass is 385 g/mol. The smallest absolute Gasteiger partial charge is 0.181 e. The third kappa shape index (κ3) is 5.70. The fraction of sp³-hybridized carbons (Fsp3) is 0.476. The Morgan fingerprint density at radius 3 is 2.81 bits per heavy atom. The number of aliphatic imine (C=N–C) groups is 2. The first-order chi connectivity index (χ1) is 13.0. The second kappa shape index (κ2) is 10.3. The van der Waals surface area contributed by atoms with Crippen molar-refractivity contribution >= 4 is 29.6 Å². The number of H-pyrrole nitrogens is 1. The summed E-state index contributed by atoms with van der Waals surface area (Å²) in [6, 6.07) is 6.43. The maximum atomic E-state index is 4.60. The van der Waals surface area contributed by atoms with Crippen molar-refractivity contribution in [1.29, 1.82) is 0 Å². The molecule has 0 radical (unpaired) electrons. The Morgan fingerprint density at radius 1 is 1.41 bits per heavy atom. The molecule has 1 heterocycles. The highest BCUT2D eigenvalue weighted by atomic mass is 32.2. The number of nitrogens with one attached hydrogen (secondary N) is 1. The van der Waals surface area contributed by atoms with E-state index in [0.717, 1.165) is 35.9 Å². The van der Waals surface area contributed by atoms with Crippen molar-refractivity contribution < 1.29 is 0 Å². The first-order valence-corrected chi connectivity index (χ1v) is 10.6. The van der Waals surface area contributed by atoms with Gasteiger partial charge >= 0.3 is 0 Å². The van der Waals surface area contributed by atoms with Crippen LogP contribution in [0.15, 0.2) is 39.4 Å². The van der Waals surface area contributed by atoms with Gasteiger partial charge in [-0.15, -0.1) is 11.8 Å². The van der Waals surface area contributed by atoms with Crippen LogP contribution >= 0.6 is 11.8 Å². The van der Waals surface area contributed by atoms with Gasteiger partial charge in [0.2, 0.25) is 0 Å². The number of aromatic amines is 1. The maximum absolute atomic E-state index is 4.60. The Hall–Kier alpha value is -2.08. The Balaban J connectivity index is 2.20. The molecule has 2 aromatic rings. The summed E-state index contributed by atoms with van der Waals surface area (Å²) in [6.07, 6.45) is 7.99. The third-order valence-electron chi connectivity index (χ3n) is 4.82. The van der Waals surface area contributed by atoms with Gasteiger partial charge in [0, 0.05) is 31.1 Å². The number of hydrogen-bond acceptors (Lipinski definition) is 4. The lowest BCUT2D eigenvalue weighted by atomic mass is 10.0. The molecule has 0 aliphatic rings. The Labute approximate surface area is 167 Å². The number of aromatic nitrogens is 2. The van der Waals surface area contributed by atoms with Crippen LogP contribution in [0.5, 0.6) is 0 Å². The first-order valence-electron chi connectivity index (χ1n) is 9.40. The molecular formula is C21H31N5S. The van der Waals surface area contributed by atoms with E-state index in [9.17, 15) is 0 Å². The van der Waals surface area contributed by atoms with Crippen molar-refractivity contribution in [1.82, 2.24) is 14.9 Å². The largest absolute Gasteiger partial charge is 0.366 e. The fourth-order valence-electron chi connectivity index (χ4n) is 2.79. The summed E-state index contributed by atoms with van der Waals surface area (Å²) >= 11 is 1.74. The number of imidazole rings is 1. The molecule has 1 aromatic carbocycles. The van der Waals surface area contributed by atoms with E-state index in [2.05, 4.69) is 77.1 Å². The predicted octanol–water partition coefficient (Wildman–Crippen LogP) is 4.94. The van der Waals surface area contributed by atoms with E-state index in [-0.39, 0.29) is 0 Å². The second-order valence-corrected chi connectivity index (χ2v) is 7.76. The summed E-state index contributed by atoms with van der Waals surface area (Å²) in [5.41, 5.74) is 4.02. The number of thioether (sulfide) groups is 1. The highest BCUT2D eigenvalue weighted by Gasteiger charge is 2.15. The highest BCUT2D eigenvalue weighted by molar-refractivity contribution is 7.98. The summed E-state index contributed by atoms with van der Waals surface area (Å²) in [4.78, 5) is 20.1. The van der Waals surface area contributed by atoms with Crippen LogP contribution in [0.1, 0.15) is 43.5 Å². The molecule has 0 fully saturated rings. The lowest BCUT2D eigenvalue weighted by Crippen LogP contribution is -2.19. The fourth-order valence-corrected chi connectivity index (χ4v) is 3.29. The van der Waals surface area contributed by atoms with E-state index < -0.39 is 0 Å². The number of nitrogens with zero attached hydrogens (tertiary/aromatic N) is 4. The molecule has 0 bridgehead atoms. The number of rotatable bonds is 9. The van der Waals surface area contributed by atoms with Crippen LogP contribution in [0.3, 0.4) is 0 Å². The van der Waals surface area contributed by atoms with Crippen molar-refractivity contribution in [3.8, 4) is 0 Å². The number of aryl methyl sites for hydroxylation is 1. The topological polar surface area (TPSA) is 56.6 Å². The Bertz CT molecular complexity index is 794. The molecule has 146 valence electrons. The zero-order valence-electron chi connectivity index (χ0n) is 17.3. The third-order valence-corrected chi connectivity index (χ3v) is 5.54. The number of benzene rings is 1. The van der Waals surface area contributed by atoms with E-state index in [4.69, 9.17) is 0 Å². The second-order valence-electron chi connectivity index (χ2n) is 6.88. The van der Waals surface area contributed by atoms with Crippen molar-refractivity contribution in [3.63, 3.8) is 0 Å². The van der Waals surface area contributed by atoms with Crippen LogP contribution in [0, 0.1) is 12.8 Å². The van der Waals surface area contributed by atoms with Gasteiger partial charge in [0.1, 0.15) is 5.69 Å². The summed E-state index contributed by atoms with van der Waals surface area (Å²) in [5, 5.41) is 0. The van der Waals surface area contributed by atoms with Gasteiger partial charge in [-0.1, -0.05) is 26.3 Å². The van der Waals surface area contributed by atoms with Gasteiger partial charge in [-0.3, -0.25) is 4.99 Å². The molecule has 2 rings (SSSR count). The van der Waals surface area contributed by atoms with Crippen molar-refractivity contribution in [2.45, 2.75) is 38.5 Å². The maximum Gasteiger partial charge on any atom is 0.181 e. The molecule has 1 unspecified atom stereocenters. The molecule has 1 N–H and O–H groups in total. The Morgan fingerprint density at radius 2 is 2.19 bits per heavy atom. The lowest BCUT2D eigenvalue weighted by molar-refractivity contribution is 0.420. The van der Waals surface area contributed by atoms with Crippen molar-refractivity contribution in [3.05, 3.63) is 41.3 Å². The van der Waals surface area contributed by atoms with Crippen LogP contribution in [0.25, 0.3) is 0 Å². The highest BCUT2D eigenvalue weighted by Crippen LogP contribution is 2.24. The molecule has 6 heteroatoms. The number of hydrogen-bond donors (Lipinski definition) is 1. The van der Waals surface area contributed by atoms with Gasteiger partial charge < -0.3 is 9.88 Å². The summed E-state index contributed by atoms with van der Waals surface area (Å²) in [5.74, 6) is 1.40. The van der Waals surface area contributed by atoms with Gasteiger partial charge in [0.25, 0.3) is 0 Å². The molecule has 1 aromatic heterocycles. The summed E-state index contributed by atoms with van der Waals surface area (Å²) in [6.45, 7) is 7.62. The molecule has 0 aliphatic heterocycles. The molecular weight excluding hydrogens is 354 g/mol. The van der Waals surface area contributed by atoms with E-state index >= 15 is 0 Å². The zero-order valence-corrected chi connectivity index (χ0v) is 18.1. The van der Waals surface area contributed by atoms with Crippen LogP contribution in [-0.2, 0) is 0 Å². The first kappa shape index (κ1) is 21.2. The van der Waals surface area contributed by atoms with Gasteiger partial charge in [0.05, 0.1) is 18.4 Å². The molecule has 0 saturated carbocycles. The van der Waals surface area contributed by atoms with E-state index in [0.29, 0.717) is 5.82 Å². The predicted molar refractivity (Wildman–Crippen MR) is 118 cm³/mol. The molecule has 5 nitrogen and oxygen atoms in total. The van der Waals surface area contributed by atoms with Crippen molar-refractivity contribution in [2.75, 3.05) is 26.9 Å². The summed E-state index contributed by atoms with van der Waals surface area (Å²) in [7, 11) is 3.86. The minimum atomic E-state index is 0.666.